The molecule has 0 heterocycles. The molecule has 0 aromatic heterocycles. The highest BCUT2D eigenvalue weighted by Crippen LogP contribution is 2.28. The zero-order chi connectivity index (χ0) is 13.7. The number of nitrogens with one attached hydrogen (secondary N) is 1. The predicted octanol–water partition coefficient (Wildman–Crippen LogP) is 3.82. The van der Waals surface area contributed by atoms with Gasteiger partial charge in [-0.3, -0.25) is 11.3 Å². The summed E-state index contributed by atoms with van der Waals surface area (Å²) in [5, 5.41) is 0.186. The first-order valence-electron chi connectivity index (χ1n) is 7.09. The molecule has 1 aliphatic carbocycles. The molecule has 1 aromatic rings. The number of rotatable bonds is 5. The van der Waals surface area contributed by atoms with Crippen molar-refractivity contribution in [2.24, 2.45) is 11.8 Å². The second-order valence-electron chi connectivity index (χ2n) is 5.56. The monoisotopic (exact) mass is 284 g/mol. The van der Waals surface area contributed by atoms with Gasteiger partial charge in [0, 0.05) is 6.04 Å². The average molecular weight is 285 g/mol. The van der Waals surface area contributed by atoms with Crippen molar-refractivity contribution < 1.29 is 4.39 Å². The van der Waals surface area contributed by atoms with Gasteiger partial charge in [0.15, 0.2) is 0 Å². The van der Waals surface area contributed by atoms with Crippen LogP contribution >= 0.6 is 11.6 Å². The van der Waals surface area contributed by atoms with Crippen LogP contribution in [-0.2, 0) is 6.42 Å². The maximum atomic E-state index is 13.1. The Hall–Kier alpha value is -0.640. The Labute approximate surface area is 119 Å². The van der Waals surface area contributed by atoms with E-state index in [2.05, 4.69) is 5.43 Å². The number of hydrazine groups is 1. The maximum absolute atomic E-state index is 13.1. The normalized spacial score (nSPS) is 18.5. The Morgan fingerprint density at radius 2 is 2.05 bits per heavy atom. The molecule has 0 saturated heterocycles. The van der Waals surface area contributed by atoms with E-state index in [1.807, 2.05) is 0 Å². The lowest BCUT2D eigenvalue weighted by Crippen LogP contribution is -2.38. The molecule has 19 heavy (non-hydrogen) atoms. The number of nitrogens with two attached hydrogens (primary N) is 1. The van der Waals surface area contributed by atoms with Crippen molar-refractivity contribution in [1.29, 1.82) is 0 Å². The van der Waals surface area contributed by atoms with E-state index in [0.29, 0.717) is 0 Å². The summed E-state index contributed by atoms with van der Waals surface area (Å²) in [6, 6.07) is 5.14. The minimum Gasteiger partial charge on any atom is -0.271 e. The van der Waals surface area contributed by atoms with E-state index >= 15 is 0 Å². The summed E-state index contributed by atoms with van der Waals surface area (Å²) in [6.45, 7) is 0. The van der Waals surface area contributed by atoms with Crippen molar-refractivity contribution in [1.82, 2.24) is 5.43 Å². The Morgan fingerprint density at radius 3 is 2.68 bits per heavy atom. The molecule has 1 aromatic carbocycles. The van der Waals surface area contributed by atoms with E-state index in [0.717, 1.165) is 24.3 Å². The summed E-state index contributed by atoms with van der Waals surface area (Å²) < 4.78 is 13.1. The molecule has 1 saturated carbocycles. The molecule has 0 bridgehead atoms. The highest BCUT2D eigenvalue weighted by Gasteiger charge is 2.18. The molecule has 2 nitrogen and oxygen atoms in total. The first kappa shape index (κ1) is 14.8. The standard InChI is InChI=1S/C15H22ClFN2/c16-14-10-12(6-7-15(14)17)9-13(19-18)8-11-4-2-1-3-5-11/h6-7,10-11,13,19H,1-5,8-9,18H2. The molecule has 0 aliphatic heterocycles. The van der Waals surface area contributed by atoms with Crippen LogP contribution in [0, 0.1) is 11.7 Å². The van der Waals surface area contributed by atoms with Crippen molar-refractivity contribution in [2.45, 2.75) is 51.0 Å². The van der Waals surface area contributed by atoms with Gasteiger partial charge in [0.25, 0.3) is 0 Å². The van der Waals surface area contributed by atoms with Crippen molar-refractivity contribution in [3.8, 4) is 0 Å². The van der Waals surface area contributed by atoms with Gasteiger partial charge in [0.2, 0.25) is 0 Å². The second kappa shape index (κ2) is 7.22. The number of hydrogen-bond donors (Lipinski definition) is 2. The van der Waals surface area contributed by atoms with Gasteiger partial charge in [0.05, 0.1) is 5.02 Å². The Balaban J connectivity index is 1.92. The molecule has 106 valence electrons. The van der Waals surface area contributed by atoms with Gasteiger partial charge in [-0.05, 0) is 36.5 Å². The molecule has 0 radical (unpaired) electrons. The first-order valence-corrected chi connectivity index (χ1v) is 7.47. The summed E-state index contributed by atoms with van der Waals surface area (Å²) in [7, 11) is 0. The molecule has 1 aliphatic rings. The van der Waals surface area contributed by atoms with Gasteiger partial charge >= 0.3 is 0 Å². The fraction of sp³-hybridized carbons (Fsp3) is 0.600. The lowest BCUT2D eigenvalue weighted by molar-refractivity contribution is 0.298. The number of halogens is 2. The van der Waals surface area contributed by atoms with E-state index in [9.17, 15) is 4.39 Å². The SMILES string of the molecule is NNC(Cc1ccc(F)c(Cl)c1)CC1CCCCC1. The van der Waals surface area contributed by atoms with Crippen LogP contribution in [-0.4, -0.2) is 6.04 Å². The molecule has 0 amide bonds. The molecular weight excluding hydrogens is 263 g/mol. The van der Waals surface area contributed by atoms with Crippen LogP contribution < -0.4 is 11.3 Å². The Morgan fingerprint density at radius 1 is 1.32 bits per heavy atom. The minimum absolute atomic E-state index is 0.186. The van der Waals surface area contributed by atoms with E-state index in [4.69, 9.17) is 17.4 Å². The molecule has 0 spiro atoms. The Kier molecular flexibility index (Phi) is 5.61. The van der Waals surface area contributed by atoms with Crippen LogP contribution in [0.3, 0.4) is 0 Å². The molecule has 1 unspecified atom stereocenters. The largest absolute Gasteiger partial charge is 0.271 e. The molecule has 2 rings (SSSR count). The third-order valence-electron chi connectivity index (χ3n) is 4.04. The van der Waals surface area contributed by atoms with E-state index in [1.165, 1.54) is 38.2 Å². The van der Waals surface area contributed by atoms with E-state index < -0.39 is 0 Å². The smallest absolute Gasteiger partial charge is 0.141 e. The van der Waals surface area contributed by atoms with Crippen molar-refractivity contribution in [3.63, 3.8) is 0 Å². The molecule has 1 atom stereocenters. The number of benzene rings is 1. The van der Waals surface area contributed by atoms with Crippen LogP contribution in [0.25, 0.3) is 0 Å². The summed E-state index contributed by atoms with van der Waals surface area (Å²) in [5.41, 5.74) is 3.93. The van der Waals surface area contributed by atoms with Crippen LogP contribution in [0.1, 0.15) is 44.1 Å². The molecule has 3 N–H and O–H groups in total. The van der Waals surface area contributed by atoms with E-state index in [1.54, 1.807) is 12.1 Å². The van der Waals surface area contributed by atoms with Crippen LogP contribution in [0.2, 0.25) is 5.02 Å². The zero-order valence-electron chi connectivity index (χ0n) is 11.2. The lowest BCUT2D eigenvalue weighted by Gasteiger charge is -2.26. The fourth-order valence-corrected chi connectivity index (χ4v) is 3.19. The van der Waals surface area contributed by atoms with Gasteiger partial charge in [-0.25, -0.2) is 4.39 Å². The third-order valence-corrected chi connectivity index (χ3v) is 4.33. The highest BCUT2D eigenvalue weighted by molar-refractivity contribution is 6.30. The first-order chi connectivity index (χ1) is 9.19. The van der Waals surface area contributed by atoms with Gasteiger partial charge in [-0.15, -0.1) is 0 Å². The topological polar surface area (TPSA) is 38.0 Å². The molecule has 4 heteroatoms. The van der Waals surface area contributed by atoms with Gasteiger partial charge in [0.1, 0.15) is 5.82 Å². The highest BCUT2D eigenvalue weighted by atomic mass is 35.5. The third kappa shape index (κ3) is 4.44. The van der Waals surface area contributed by atoms with Gasteiger partial charge < -0.3 is 0 Å². The Bertz CT molecular complexity index is 405. The second-order valence-corrected chi connectivity index (χ2v) is 5.96. The van der Waals surface area contributed by atoms with Crippen LogP contribution in [0.5, 0.6) is 0 Å². The summed E-state index contributed by atoms with van der Waals surface area (Å²) in [4.78, 5) is 0. The minimum atomic E-state index is -0.366. The summed E-state index contributed by atoms with van der Waals surface area (Å²) >= 11 is 5.81. The van der Waals surface area contributed by atoms with E-state index in [-0.39, 0.29) is 16.9 Å². The zero-order valence-corrected chi connectivity index (χ0v) is 11.9. The van der Waals surface area contributed by atoms with Crippen molar-refractivity contribution >= 4 is 11.6 Å². The van der Waals surface area contributed by atoms with Crippen molar-refractivity contribution in [3.05, 3.63) is 34.6 Å². The summed E-state index contributed by atoms with van der Waals surface area (Å²) in [6.07, 6.45) is 8.54. The summed E-state index contributed by atoms with van der Waals surface area (Å²) in [5.74, 6) is 6.05. The van der Waals surface area contributed by atoms with Crippen LogP contribution in [0.15, 0.2) is 18.2 Å². The average Bonchev–Trinajstić information content (AvgIpc) is 2.43. The lowest BCUT2D eigenvalue weighted by atomic mass is 9.84. The predicted molar refractivity (Wildman–Crippen MR) is 77.4 cm³/mol. The quantitative estimate of drug-likeness (QED) is 0.637. The maximum Gasteiger partial charge on any atom is 0.141 e. The molecular formula is C15H22ClFN2. The van der Waals surface area contributed by atoms with Crippen molar-refractivity contribution in [2.75, 3.05) is 0 Å². The van der Waals surface area contributed by atoms with Gasteiger partial charge in [-0.1, -0.05) is 49.8 Å². The van der Waals surface area contributed by atoms with Gasteiger partial charge in [-0.2, -0.15) is 0 Å². The fourth-order valence-electron chi connectivity index (χ4n) is 2.99. The van der Waals surface area contributed by atoms with Crippen LogP contribution in [0.4, 0.5) is 4.39 Å². The number of hydrogen-bond acceptors (Lipinski definition) is 2. The molecule has 1 fully saturated rings.